The summed E-state index contributed by atoms with van der Waals surface area (Å²) < 4.78 is 8.94. The maximum absolute atomic E-state index is 12.1. The molecule has 1 N–H and O–H groups in total. The van der Waals surface area contributed by atoms with Crippen molar-refractivity contribution in [2.75, 3.05) is 19.0 Å². The minimum atomic E-state index is -0.114. The largest absolute Gasteiger partial charge is 0.383 e. The van der Waals surface area contributed by atoms with Gasteiger partial charge in [-0.3, -0.25) is 4.79 Å². The highest BCUT2D eigenvalue weighted by molar-refractivity contribution is 9.09. The van der Waals surface area contributed by atoms with Crippen LogP contribution in [0.25, 0.3) is 0 Å². The summed E-state index contributed by atoms with van der Waals surface area (Å²) in [4.78, 5) is 12.7. The molecule has 1 aromatic heterocycles. The molecule has 5 nitrogen and oxygen atoms in total. The Bertz CT molecular complexity index is 378. The Hall–Kier alpha value is -0.530. The van der Waals surface area contributed by atoms with Crippen LogP contribution in [0.15, 0.2) is 0 Å². The maximum Gasteiger partial charge on any atom is 0.265 e. The van der Waals surface area contributed by atoms with E-state index in [0.717, 1.165) is 29.0 Å². The molecule has 1 aromatic rings. The summed E-state index contributed by atoms with van der Waals surface area (Å²) in [6.07, 6.45) is 0.822. The quantitative estimate of drug-likeness (QED) is 0.776. The number of nitrogens with one attached hydrogen (secondary N) is 1. The van der Waals surface area contributed by atoms with Crippen LogP contribution in [0.5, 0.6) is 0 Å². The van der Waals surface area contributed by atoms with Crippen LogP contribution < -0.4 is 5.32 Å². The van der Waals surface area contributed by atoms with Crippen molar-refractivity contribution in [1.82, 2.24) is 14.9 Å². The minimum absolute atomic E-state index is 0.00369. The summed E-state index contributed by atoms with van der Waals surface area (Å²) in [6.45, 7) is 4.50. The van der Waals surface area contributed by atoms with Crippen LogP contribution in [-0.2, 0) is 4.74 Å². The molecule has 0 fully saturated rings. The third-order valence-electron chi connectivity index (χ3n) is 2.43. The molecule has 1 rings (SSSR count). The minimum Gasteiger partial charge on any atom is -0.383 e. The van der Waals surface area contributed by atoms with Crippen LogP contribution in [0.3, 0.4) is 0 Å². The molecular weight excluding hydrogens is 318 g/mol. The fourth-order valence-corrected chi connectivity index (χ4v) is 2.79. The molecule has 0 aliphatic carbocycles. The number of methoxy groups -OCH3 is 1. The normalized spacial score (nSPS) is 12.7. The van der Waals surface area contributed by atoms with E-state index < -0.39 is 0 Å². The van der Waals surface area contributed by atoms with Crippen molar-refractivity contribution in [3.8, 4) is 0 Å². The predicted molar refractivity (Wildman–Crippen MR) is 75.5 cm³/mol. The molecule has 0 radical (unpaired) electrons. The van der Waals surface area contributed by atoms with Gasteiger partial charge in [-0.1, -0.05) is 34.3 Å². The van der Waals surface area contributed by atoms with Gasteiger partial charge in [0.2, 0.25) is 0 Å². The van der Waals surface area contributed by atoms with Crippen LogP contribution in [0.1, 0.15) is 41.6 Å². The second kappa shape index (κ2) is 7.81. The van der Waals surface area contributed by atoms with E-state index in [4.69, 9.17) is 4.74 Å². The lowest BCUT2D eigenvalue weighted by atomic mass is 10.1. The summed E-state index contributed by atoms with van der Waals surface area (Å²) in [5.74, 6) is 0.0817. The number of carbonyl (C=O) groups is 1. The first-order chi connectivity index (χ1) is 8.60. The first kappa shape index (κ1) is 15.5. The molecule has 18 heavy (non-hydrogen) atoms. The highest BCUT2D eigenvalue weighted by atomic mass is 79.9. The van der Waals surface area contributed by atoms with Crippen LogP contribution in [0, 0.1) is 0 Å². The van der Waals surface area contributed by atoms with E-state index in [2.05, 4.69) is 30.8 Å². The van der Waals surface area contributed by atoms with Crippen molar-refractivity contribution >= 4 is 33.4 Å². The average Bonchev–Trinajstić information content (AvgIpc) is 2.78. The van der Waals surface area contributed by atoms with Crippen molar-refractivity contribution in [3.05, 3.63) is 10.6 Å². The van der Waals surface area contributed by atoms with Crippen molar-refractivity contribution in [1.29, 1.82) is 0 Å². The highest BCUT2D eigenvalue weighted by Gasteiger charge is 2.21. The SMILES string of the molecule is COCC(CCBr)NC(=O)c1snnc1C(C)C. The van der Waals surface area contributed by atoms with Gasteiger partial charge >= 0.3 is 0 Å². The van der Waals surface area contributed by atoms with Gasteiger partial charge in [-0.25, -0.2) is 0 Å². The Morgan fingerprint density at radius 1 is 1.56 bits per heavy atom. The number of ether oxygens (including phenoxy) is 1. The third kappa shape index (κ3) is 4.29. The molecule has 0 saturated heterocycles. The number of hydrogen-bond acceptors (Lipinski definition) is 5. The molecule has 1 atom stereocenters. The van der Waals surface area contributed by atoms with Gasteiger partial charge in [-0.2, -0.15) is 0 Å². The Kier molecular flexibility index (Phi) is 6.73. The summed E-state index contributed by atoms with van der Waals surface area (Å²) >= 11 is 4.51. The number of aromatic nitrogens is 2. The molecular formula is C11H18BrN3O2S. The lowest BCUT2D eigenvalue weighted by Crippen LogP contribution is -2.38. The zero-order valence-corrected chi connectivity index (χ0v) is 13.2. The van der Waals surface area contributed by atoms with Crippen LogP contribution in [0.2, 0.25) is 0 Å². The second-order valence-corrected chi connectivity index (χ2v) is 5.79. The molecule has 0 aliphatic rings. The molecule has 102 valence electrons. The predicted octanol–water partition coefficient (Wildman–Crippen LogP) is 2.19. The van der Waals surface area contributed by atoms with Gasteiger partial charge in [0.25, 0.3) is 5.91 Å². The van der Waals surface area contributed by atoms with Gasteiger partial charge in [0, 0.05) is 12.4 Å². The first-order valence-electron chi connectivity index (χ1n) is 5.78. The number of rotatable bonds is 7. The molecule has 1 unspecified atom stereocenters. The molecule has 1 heterocycles. The Labute approximate surface area is 120 Å². The average molecular weight is 336 g/mol. The smallest absolute Gasteiger partial charge is 0.265 e. The fourth-order valence-electron chi connectivity index (χ4n) is 1.51. The third-order valence-corrected chi connectivity index (χ3v) is 3.63. The molecule has 0 spiro atoms. The van der Waals surface area contributed by atoms with Crippen molar-refractivity contribution in [2.45, 2.75) is 32.2 Å². The molecule has 0 saturated carbocycles. The van der Waals surface area contributed by atoms with E-state index in [9.17, 15) is 4.79 Å². The van der Waals surface area contributed by atoms with Gasteiger partial charge in [-0.05, 0) is 23.9 Å². The van der Waals surface area contributed by atoms with E-state index in [1.165, 1.54) is 0 Å². The molecule has 0 aliphatic heterocycles. The van der Waals surface area contributed by atoms with Gasteiger partial charge in [0.05, 0.1) is 18.3 Å². The number of carbonyl (C=O) groups excluding carboxylic acids is 1. The standard InChI is InChI=1S/C11H18BrN3O2S/c1-7(2)9-10(18-15-14-9)11(16)13-8(4-5-12)6-17-3/h7-8H,4-6H2,1-3H3,(H,13,16). The summed E-state index contributed by atoms with van der Waals surface area (Å²) in [6, 6.07) is 0.00369. The van der Waals surface area contributed by atoms with Crippen molar-refractivity contribution in [2.24, 2.45) is 0 Å². The van der Waals surface area contributed by atoms with E-state index in [0.29, 0.717) is 11.5 Å². The monoisotopic (exact) mass is 335 g/mol. The lowest BCUT2D eigenvalue weighted by Gasteiger charge is -2.16. The number of hydrogen-bond donors (Lipinski definition) is 1. The molecule has 0 aromatic carbocycles. The van der Waals surface area contributed by atoms with Crippen LogP contribution in [0.4, 0.5) is 0 Å². The van der Waals surface area contributed by atoms with Crippen molar-refractivity contribution < 1.29 is 9.53 Å². The fraction of sp³-hybridized carbons (Fsp3) is 0.727. The van der Waals surface area contributed by atoms with Crippen molar-refractivity contribution in [3.63, 3.8) is 0 Å². The highest BCUT2D eigenvalue weighted by Crippen LogP contribution is 2.19. The number of amides is 1. The van der Waals surface area contributed by atoms with Crippen LogP contribution >= 0.6 is 27.5 Å². The van der Waals surface area contributed by atoms with Gasteiger partial charge < -0.3 is 10.1 Å². The number of alkyl halides is 1. The van der Waals surface area contributed by atoms with Gasteiger partial charge in [-0.15, -0.1) is 5.10 Å². The second-order valence-electron chi connectivity index (χ2n) is 4.25. The van der Waals surface area contributed by atoms with E-state index in [1.807, 2.05) is 13.8 Å². The van der Waals surface area contributed by atoms with Crippen LogP contribution in [-0.4, -0.2) is 40.6 Å². The first-order valence-corrected chi connectivity index (χ1v) is 7.67. The summed E-state index contributed by atoms with van der Waals surface area (Å²) in [5.41, 5.74) is 0.757. The molecule has 0 bridgehead atoms. The number of halogens is 1. The molecule has 1 amide bonds. The Morgan fingerprint density at radius 2 is 2.28 bits per heavy atom. The summed E-state index contributed by atoms with van der Waals surface area (Å²) in [7, 11) is 1.63. The van der Waals surface area contributed by atoms with Gasteiger partial charge in [0.15, 0.2) is 0 Å². The van der Waals surface area contributed by atoms with E-state index in [-0.39, 0.29) is 17.9 Å². The topological polar surface area (TPSA) is 64.1 Å². The maximum atomic E-state index is 12.1. The van der Waals surface area contributed by atoms with E-state index >= 15 is 0 Å². The van der Waals surface area contributed by atoms with Gasteiger partial charge in [0.1, 0.15) is 4.88 Å². The Morgan fingerprint density at radius 3 is 2.83 bits per heavy atom. The lowest BCUT2D eigenvalue weighted by molar-refractivity contribution is 0.0898. The molecule has 7 heteroatoms. The zero-order chi connectivity index (χ0) is 13.5. The number of nitrogens with zero attached hydrogens (tertiary/aromatic N) is 2. The van der Waals surface area contributed by atoms with E-state index in [1.54, 1.807) is 7.11 Å². The summed E-state index contributed by atoms with van der Waals surface area (Å²) in [5, 5.41) is 7.77. The zero-order valence-electron chi connectivity index (χ0n) is 10.8. The Balaban J connectivity index is 2.71.